The van der Waals surface area contributed by atoms with Gasteiger partial charge in [0.25, 0.3) is 11.3 Å². The number of nitrogens with zero attached hydrogens (tertiary/aromatic N) is 3. The minimum absolute atomic E-state index is 0.0334. The van der Waals surface area contributed by atoms with Gasteiger partial charge in [-0.05, 0) is 43.0 Å². The molecule has 0 aliphatic rings. The topological polar surface area (TPSA) is 105 Å². The third-order valence-corrected chi connectivity index (χ3v) is 6.68. The molecule has 184 valence electrons. The van der Waals surface area contributed by atoms with Crippen LogP contribution in [0.25, 0.3) is 11.1 Å². The number of carbonyl (C=O) groups is 1. The van der Waals surface area contributed by atoms with E-state index in [4.69, 9.17) is 9.84 Å². The summed E-state index contributed by atoms with van der Waals surface area (Å²) in [6, 6.07) is 4.02. The van der Waals surface area contributed by atoms with Gasteiger partial charge < -0.3 is 14.4 Å². The minimum atomic E-state index is -2.71. The molecule has 0 aliphatic heterocycles. The molecular weight excluding hydrogens is 488 g/mol. The van der Waals surface area contributed by atoms with Crippen molar-refractivity contribution in [1.29, 1.82) is 0 Å². The van der Waals surface area contributed by atoms with E-state index in [9.17, 15) is 22.3 Å². The molecule has 0 saturated carbocycles. The first-order valence-corrected chi connectivity index (χ1v) is 12.3. The lowest BCUT2D eigenvalue weighted by molar-refractivity contribution is 0.170. The summed E-state index contributed by atoms with van der Waals surface area (Å²) in [5, 5.41) is 9.08. The van der Waals surface area contributed by atoms with E-state index in [-0.39, 0.29) is 34.2 Å². The van der Waals surface area contributed by atoms with E-state index >= 15 is 0 Å². The van der Waals surface area contributed by atoms with Gasteiger partial charge in [0.1, 0.15) is 17.5 Å². The van der Waals surface area contributed by atoms with Gasteiger partial charge in [0.15, 0.2) is 5.06 Å². The number of amides is 1. The molecule has 0 spiro atoms. The van der Waals surface area contributed by atoms with Gasteiger partial charge in [-0.25, -0.2) is 27.1 Å². The Labute approximate surface area is 202 Å². The minimum Gasteiger partial charge on any atom is -0.398 e. The maximum absolute atomic E-state index is 15.0. The lowest BCUT2D eigenvalue weighted by Crippen LogP contribution is -2.36. The van der Waals surface area contributed by atoms with Crippen molar-refractivity contribution >= 4 is 28.7 Å². The average Bonchev–Trinajstić information content (AvgIpc) is 3.33. The van der Waals surface area contributed by atoms with E-state index in [1.54, 1.807) is 30.0 Å². The SMILES string of the molecule is Cc1nccn1Cc1c(F)cc(-c2cc(CC(C)C)sc2OC(=O)N(CCO)S(=O)O)cc1F. The van der Waals surface area contributed by atoms with E-state index in [2.05, 4.69) is 4.98 Å². The second-order valence-corrected chi connectivity index (χ2v) is 9.96. The third kappa shape index (κ3) is 6.06. The van der Waals surface area contributed by atoms with Gasteiger partial charge in [-0.2, -0.15) is 0 Å². The Bertz CT molecular complexity index is 1170. The van der Waals surface area contributed by atoms with E-state index in [1.165, 1.54) is 12.1 Å². The molecule has 0 aliphatic carbocycles. The molecule has 34 heavy (non-hydrogen) atoms. The fraction of sp³-hybridized carbons (Fsp3) is 0.364. The molecule has 8 nitrogen and oxygen atoms in total. The molecule has 2 heterocycles. The highest BCUT2D eigenvalue weighted by molar-refractivity contribution is 7.77. The molecule has 2 N–H and O–H groups in total. The molecule has 2 aromatic heterocycles. The van der Waals surface area contributed by atoms with Crippen LogP contribution in [0.1, 0.15) is 30.1 Å². The molecule has 1 atom stereocenters. The first-order chi connectivity index (χ1) is 16.1. The van der Waals surface area contributed by atoms with Crippen molar-refractivity contribution in [3.05, 3.63) is 58.5 Å². The standard InChI is InChI=1S/C22H25F2N3O5S2/c1-13(2)8-16-11-17(21(33-16)32-22(29)27(6-7-28)34(30)31)15-9-19(23)18(20(24)10-15)12-26-5-4-25-14(26)3/h4-5,9-11,13,28H,6-8,12H2,1-3H3,(H,30,31). The van der Waals surface area contributed by atoms with Crippen molar-refractivity contribution in [3.8, 4) is 16.2 Å². The number of rotatable bonds is 9. The number of halogens is 2. The van der Waals surface area contributed by atoms with Gasteiger partial charge in [0.2, 0.25) is 0 Å². The molecule has 1 unspecified atom stereocenters. The van der Waals surface area contributed by atoms with Gasteiger partial charge in [0.05, 0.1) is 19.7 Å². The predicted octanol–water partition coefficient (Wildman–Crippen LogP) is 4.37. The van der Waals surface area contributed by atoms with Crippen molar-refractivity contribution in [3.63, 3.8) is 0 Å². The molecule has 0 bridgehead atoms. The van der Waals surface area contributed by atoms with Crippen LogP contribution in [0.15, 0.2) is 30.6 Å². The fourth-order valence-electron chi connectivity index (χ4n) is 3.31. The molecule has 12 heteroatoms. The lowest BCUT2D eigenvalue weighted by atomic mass is 10.0. The fourth-order valence-corrected chi connectivity index (χ4v) is 4.94. The highest BCUT2D eigenvalue weighted by atomic mass is 32.2. The Balaban J connectivity index is 1.99. The number of hydrogen-bond donors (Lipinski definition) is 2. The number of thiophene rings is 1. The van der Waals surface area contributed by atoms with Crippen molar-refractivity contribution in [2.75, 3.05) is 13.2 Å². The Morgan fingerprint density at radius 3 is 2.50 bits per heavy atom. The number of carbonyl (C=O) groups excluding carboxylic acids is 1. The Morgan fingerprint density at radius 2 is 1.97 bits per heavy atom. The van der Waals surface area contributed by atoms with Gasteiger partial charge in [-0.1, -0.05) is 13.8 Å². The average molecular weight is 514 g/mol. The number of aryl methyl sites for hydroxylation is 1. The van der Waals surface area contributed by atoms with Crippen LogP contribution in [0.3, 0.4) is 0 Å². The van der Waals surface area contributed by atoms with Crippen molar-refractivity contribution in [2.45, 2.75) is 33.7 Å². The van der Waals surface area contributed by atoms with Gasteiger partial charge in [-0.15, -0.1) is 11.3 Å². The lowest BCUT2D eigenvalue weighted by Gasteiger charge is -2.16. The van der Waals surface area contributed by atoms with Crippen molar-refractivity contribution in [2.24, 2.45) is 5.92 Å². The number of imidazole rings is 1. The zero-order valence-corrected chi connectivity index (χ0v) is 20.5. The molecule has 3 rings (SSSR count). The zero-order valence-electron chi connectivity index (χ0n) is 18.8. The summed E-state index contributed by atoms with van der Waals surface area (Å²) < 4.78 is 58.1. The van der Waals surface area contributed by atoms with Crippen LogP contribution in [-0.2, 0) is 24.2 Å². The first kappa shape index (κ1) is 25.9. The first-order valence-electron chi connectivity index (χ1n) is 10.4. The van der Waals surface area contributed by atoms with E-state index in [0.29, 0.717) is 16.6 Å². The summed E-state index contributed by atoms with van der Waals surface area (Å²) in [7, 11) is 0. The van der Waals surface area contributed by atoms with Gasteiger partial charge >= 0.3 is 6.09 Å². The van der Waals surface area contributed by atoms with Gasteiger partial charge in [-0.3, -0.25) is 4.55 Å². The molecule has 3 aromatic rings. The Hall–Kier alpha value is -2.67. The van der Waals surface area contributed by atoms with E-state index in [1.807, 2.05) is 13.8 Å². The summed E-state index contributed by atoms with van der Waals surface area (Å²) >= 11 is -1.60. The quantitative estimate of drug-likeness (QED) is 0.412. The number of benzene rings is 1. The van der Waals surface area contributed by atoms with Crippen molar-refractivity contribution in [1.82, 2.24) is 13.9 Å². The smallest absolute Gasteiger partial charge is 0.398 e. The predicted molar refractivity (Wildman–Crippen MR) is 125 cm³/mol. The summed E-state index contributed by atoms with van der Waals surface area (Å²) in [6.07, 6.45) is 2.63. The van der Waals surface area contributed by atoms with Crippen LogP contribution in [0.2, 0.25) is 0 Å². The van der Waals surface area contributed by atoms with Crippen LogP contribution < -0.4 is 4.74 Å². The number of hydrogen-bond acceptors (Lipinski definition) is 6. The second kappa shape index (κ2) is 11.2. The van der Waals surface area contributed by atoms with Crippen molar-refractivity contribution < 1.29 is 32.2 Å². The summed E-state index contributed by atoms with van der Waals surface area (Å²) in [6.45, 7) is 4.71. The molecule has 1 aromatic carbocycles. The molecule has 0 fully saturated rings. The highest BCUT2D eigenvalue weighted by Crippen LogP contribution is 2.40. The number of aliphatic hydroxyl groups is 1. The van der Waals surface area contributed by atoms with Crippen LogP contribution in [0.5, 0.6) is 5.06 Å². The highest BCUT2D eigenvalue weighted by Gasteiger charge is 2.25. The number of ether oxygens (including phenoxy) is 1. The zero-order chi connectivity index (χ0) is 25.0. The summed E-state index contributed by atoms with van der Waals surface area (Å²) in [4.78, 5) is 17.3. The Kier molecular flexibility index (Phi) is 8.52. The molecular formula is C22H25F2N3O5S2. The second-order valence-electron chi connectivity index (χ2n) is 7.96. The summed E-state index contributed by atoms with van der Waals surface area (Å²) in [5.74, 6) is -0.659. The maximum atomic E-state index is 15.0. The number of aromatic nitrogens is 2. The van der Waals surface area contributed by atoms with Gasteiger partial charge in [0, 0.05) is 28.4 Å². The maximum Gasteiger partial charge on any atom is 0.429 e. The third-order valence-electron chi connectivity index (χ3n) is 4.94. The largest absolute Gasteiger partial charge is 0.429 e. The number of aliphatic hydroxyl groups excluding tert-OH is 1. The van der Waals surface area contributed by atoms with Crippen LogP contribution in [-0.4, -0.2) is 47.0 Å². The molecule has 0 radical (unpaired) electrons. The molecule has 0 saturated heterocycles. The molecule has 1 amide bonds. The van der Waals surface area contributed by atoms with Crippen LogP contribution in [0.4, 0.5) is 13.6 Å². The van der Waals surface area contributed by atoms with E-state index in [0.717, 1.165) is 16.2 Å². The monoisotopic (exact) mass is 513 g/mol. The van der Waals surface area contributed by atoms with Crippen LogP contribution in [0, 0.1) is 24.5 Å². The normalized spacial score (nSPS) is 12.2. The van der Waals surface area contributed by atoms with E-state index < -0.39 is 42.1 Å². The summed E-state index contributed by atoms with van der Waals surface area (Å²) in [5.41, 5.74) is 0.310. The van der Waals surface area contributed by atoms with Crippen LogP contribution >= 0.6 is 11.3 Å². The Morgan fingerprint density at radius 1 is 1.29 bits per heavy atom.